The van der Waals surface area contributed by atoms with Crippen molar-refractivity contribution >= 4 is 13.8 Å². The Balaban J connectivity index is 3.92. The van der Waals surface area contributed by atoms with Crippen LogP contribution in [0.15, 0.2) is 12.2 Å². The van der Waals surface area contributed by atoms with Crippen LogP contribution >= 0.6 is 7.82 Å². The van der Waals surface area contributed by atoms with Crippen LogP contribution in [-0.2, 0) is 27.9 Å². The van der Waals surface area contributed by atoms with Crippen molar-refractivity contribution in [3.63, 3.8) is 0 Å². The maximum atomic E-state index is 12.1. The number of esters is 1. The van der Waals surface area contributed by atoms with E-state index in [-0.39, 0.29) is 32.3 Å². The van der Waals surface area contributed by atoms with Crippen molar-refractivity contribution in [2.75, 3.05) is 33.0 Å². The fraction of sp³-hybridized carbons (Fsp3) is 0.897. The van der Waals surface area contributed by atoms with E-state index in [1.807, 2.05) is 0 Å². The molecule has 2 unspecified atom stereocenters. The number of hydrogen-bond donors (Lipinski definition) is 2. The molecule has 0 aliphatic rings. The van der Waals surface area contributed by atoms with Gasteiger partial charge in [0.1, 0.15) is 6.10 Å². The minimum Gasteiger partial charge on any atom is -0.457 e. The van der Waals surface area contributed by atoms with Gasteiger partial charge in [0.25, 0.3) is 0 Å². The van der Waals surface area contributed by atoms with E-state index < -0.39 is 13.9 Å². The molecule has 3 N–H and O–H groups in total. The molecule has 0 bridgehead atoms. The Morgan fingerprint density at radius 2 is 1.32 bits per heavy atom. The molecule has 0 saturated heterocycles. The first kappa shape index (κ1) is 37.2. The number of ether oxygens (including phenoxy) is 2. The predicted molar refractivity (Wildman–Crippen MR) is 155 cm³/mol. The first-order valence-electron chi connectivity index (χ1n) is 15.2. The highest BCUT2D eigenvalue weighted by molar-refractivity contribution is 7.47. The van der Waals surface area contributed by atoms with E-state index in [1.165, 1.54) is 77.0 Å². The summed E-state index contributed by atoms with van der Waals surface area (Å²) in [5.74, 6) is -0.358. The van der Waals surface area contributed by atoms with Gasteiger partial charge in [0.15, 0.2) is 0 Å². The molecule has 0 aromatic carbocycles. The lowest BCUT2D eigenvalue weighted by Crippen LogP contribution is -2.28. The zero-order valence-corrected chi connectivity index (χ0v) is 25.3. The Bertz CT molecular complexity index is 603. The van der Waals surface area contributed by atoms with Gasteiger partial charge in [0.05, 0.1) is 19.8 Å². The molecule has 2 atom stereocenters. The van der Waals surface area contributed by atoms with Gasteiger partial charge in [-0.15, -0.1) is 0 Å². The predicted octanol–water partition coefficient (Wildman–Crippen LogP) is 7.62. The molecule has 0 heterocycles. The first-order chi connectivity index (χ1) is 18.4. The molecule has 0 amide bonds. The third-order valence-electron chi connectivity index (χ3n) is 6.18. The van der Waals surface area contributed by atoms with Crippen molar-refractivity contribution in [3.8, 4) is 0 Å². The van der Waals surface area contributed by atoms with E-state index in [0.29, 0.717) is 13.0 Å². The van der Waals surface area contributed by atoms with Gasteiger partial charge in [-0.3, -0.25) is 13.8 Å². The van der Waals surface area contributed by atoms with Crippen LogP contribution in [0.25, 0.3) is 0 Å². The SMILES string of the molecule is CCCCCCCC/C=C\CCCCCCCCOCC(COP(=O)(O)OCCN)OC(=O)CCCCC. The van der Waals surface area contributed by atoms with Crippen LogP contribution in [0.2, 0.25) is 0 Å². The van der Waals surface area contributed by atoms with Crippen molar-refractivity contribution in [3.05, 3.63) is 12.2 Å². The standard InChI is InChI=1S/C29H58NO7P/c1-3-5-7-8-9-10-11-12-13-14-15-16-17-18-19-21-24-34-26-28(37-29(31)22-20-6-4-2)27-36-38(32,33)35-25-23-30/h12-13,28H,3-11,14-27,30H2,1-2H3,(H,32,33)/b13-12-. The third-order valence-corrected chi connectivity index (χ3v) is 7.17. The molecule has 0 aromatic heterocycles. The molecule has 226 valence electrons. The van der Waals surface area contributed by atoms with E-state index >= 15 is 0 Å². The Morgan fingerprint density at radius 1 is 0.763 bits per heavy atom. The molecule has 38 heavy (non-hydrogen) atoms. The van der Waals surface area contributed by atoms with Crippen LogP contribution in [0.4, 0.5) is 0 Å². The number of nitrogens with two attached hydrogens (primary N) is 1. The molecule has 0 fully saturated rings. The summed E-state index contributed by atoms with van der Waals surface area (Å²) >= 11 is 0. The van der Waals surface area contributed by atoms with Crippen molar-refractivity contribution < 1.29 is 32.8 Å². The number of phosphoric ester groups is 1. The van der Waals surface area contributed by atoms with E-state index in [2.05, 4.69) is 26.0 Å². The van der Waals surface area contributed by atoms with E-state index in [9.17, 15) is 14.3 Å². The van der Waals surface area contributed by atoms with Crippen molar-refractivity contribution in [1.82, 2.24) is 0 Å². The number of rotatable bonds is 29. The number of hydrogen-bond acceptors (Lipinski definition) is 7. The smallest absolute Gasteiger partial charge is 0.457 e. The van der Waals surface area contributed by atoms with Gasteiger partial charge in [-0.1, -0.05) is 96.6 Å². The largest absolute Gasteiger partial charge is 0.472 e. The Labute approximate surface area is 233 Å². The summed E-state index contributed by atoms with van der Waals surface area (Å²) < 4.78 is 32.7. The quantitative estimate of drug-likeness (QED) is 0.0413. The van der Waals surface area contributed by atoms with Gasteiger partial charge in [0.2, 0.25) is 0 Å². The highest BCUT2D eigenvalue weighted by atomic mass is 31.2. The zero-order valence-electron chi connectivity index (χ0n) is 24.4. The molecule has 8 nitrogen and oxygen atoms in total. The molecule has 0 aliphatic carbocycles. The fourth-order valence-corrected chi connectivity index (χ4v) is 4.69. The second kappa shape index (κ2) is 27.8. The average molecular weight is 564 g/mol. The molecule has 0 saturated carbocycles. The summed E-state index contributed by atoms with van der Waals surface area (Å²) in [7, 11) is -4.24. The van der Waals surface area contributed by atoms with Gasteiger partial charge in [-0.05, 0) is 38.5 Å². The van der Waals surface area contributed by atoms with Crippen molar-refractivity contribution in [1.29, 1.82) is 0 Å². The lowest BCUT2D eigenvalue weighted by atomic mass is 10.1. The van der Waals surface area contributed by atoms with Crippen LogP contribution in [0.5, 0.6) is 0 Å². The summed E-state index contributed by atoms with van der Waals surface area (Å²) in [4.78, 5) is 21.8. The minimum absolute atomic E-state index is 0.0955. The van der Waals surface area contributed by atoms with Crippen molar-refractivity contribution in [2.45, 2.75) is 136 Å². The van der Waals surface area contributed by atoms with Gasteiger partial charge < -0.3 is 20.1 Å². The highest BCUT2D eigenvalue weighted by Crippen LogP contribution is 2.43. The molecule has 0 rings (SSSR count). The molecular weight excluding hydrogens is 505 g/mol. The Morgan fingerprint density at radius 3 is 1.92 bits per heavy atom. The normalized spacial score (nSPS) is 14.1. The number of carbonyl (C=O) groups is 1. The molecule has 0 spiro atoms. The first-order valence-corrected chi connectivity index (χ1v) is 16.7. The van der Waals surface area contributed by atoms with Gasteiger partial charge >= 0.3 is 13.8 Å². The van der Waals surface area contributed by atoms with Crippen LogP contribution in [0.3, 0.4) is 0 Å². The fourth-order valence-electron chi connectivity index (χ4n) is 3.93. The Hall–Kier alpha value is -0.760. The summed E-state index contributed by atoms with van der Waals surface area (Å²) in [5, 5.41) is 0. The maximum Gasteiger partial charge on any atom is 0.472 e. The highest BCUT2D eigenvalue weighted by Gasteiger charge is 2.25. The number of carbonyl (C=O) groups excluding carboxylic acids is 1. The van der Waals surface area contributed by atoms with Crippen LogP contribution in [-0.4, -0.2) is 49.9 Å². The zero-order chi connectivity index (χ0) is 28.2. The lowest BCUT2D eigenvalue weighted by molar-refractivity contribution is -0.154. The second-order valence-corrected chi connectivity index (χ2v) is 11.4. The molecule has 0 aromatic rings. The van der Waals surface area contributed by atoms with E-state index in [4.69, 9.17) is 24.3 Å². The average Bonchev–Trinajstić information content (AvgIpc) is 2.90. The summed E-state index contributed by atoms with van der Waals surface area (Å²) in [6.45, 7) is 4.71. The second-order valence-electron chi connectivity index (χ2n) is 9.97. The molecule has 0 aliphatic heterocycles. The van der Waals surface area contributed by atoms with Gasteiger partial charge in [-0.2, -0.15) is 0 Å². The molecule has 9 heteroatoms. The van der Waals surface area contributed by atoms with Crippen molar-refractivity contribution in [2.24, 2.45) is 5.73 Å². The topological polar surface area (TPSA) is 117 Å². The number of unbranched alkanes of at least 4 members (excludes halogenated alkanes) is 14. The molecular formula is C29H58NO7P. The number of allylic oxidation sites excluding steroid dienone is 2. The number of phosphoric acid groups is 1. The minimum atomic E-state index is -4.24. The third kappa shape index (κ3) is 26.8. The van der Waals surface area contributed by atoms with Crippen LogP contribution in [0.1, 0.15) is 129 Å². The van der Waals surface area contributed by atoms with Gasteiger partial charge in [-0.25, -0.2) is 4.57 Å². The van der Waals surface area contributed by atoms with Crippen LogP contribution in [0, 0.1) is 0 Å². The summed E-state index contributed by atoms with van der Waals surface area (Å²) in [6.07, 6.45) is 24.4. The van der Waals surface area contributed by atoms with E-state index in [0.717, 1.165) is 32.1 Å². The van der Waals surface area contributed by atoms with Crippen LogP contribution < -0.4 is 5.73 Å². The monoisotopic (exact) mass is 563 g/mol. The summed E-state index contributed by atoms with van der Waals surface area (Å²) in [5.41, 5.74) is 5.29. The molecule has 0 radical (unpaired) electrons. The van der Waals surface area contributed by atoms with Gasteiger partial charge in [0, 0.05) is 19.6 Å². The van der Waals surface area contributed by atoms with E-state index in [1.54, 1.807) is 0 Å². The summed E-state index contributed by atoms with van der Waals surface area (Å²) in [6, 6.07) is 0. The maximum absolute atomic E-state index is 12.1. The Kier molecular flexibility index (Phi) is 27.2. The lowest BCUT2D eigenvalue weighted by Gasteiger charge is -2.20.